The van der Waals surface area contributed by atoms with Crippen LogP contribution in [0, 0.1) is 0 Å². The quantitative estimate of drug-likeness (QED) is 0.612. The predicted molar refractivity (Wildman–Crippen MR) is 110 cm³/mol. The van der Waals surface area contributed by atoms with E-state index >= 15 is 0 Å². The van der Waals surface area contributed by atoms with E-state index in [9.17, 15) is 13.2 Å². The number of nitrogens with zero attached hydrogens (tertiary/aromatic N) is 2. The summed E-state index contributed by atoms with van der Waals surface area (Å²) in [4.78, 5) is 17.0. The Labute approximate surface area is 170 Å². The van der Waals surface area contributed by atoms with Gasteiger partial charge in [-0.05, 0) is 42.5 Å². The number of benzene rings is 1. The smallest absolute Gasteiger partial charge is 0.251 e. The standard InChI is InChI=1S/C21H23N3O4S/c1-3-24(4-2)29(26,27)18-11-9-16(10-12-18)21(25)23-15-17-7-5-13-22-20(17)19-8-6-14-28-19/h5-14H,3-4,15H2,1-2H3,(H,23,25). The first kappa shape index (κ1) is 20.8. The molecule has 2 heterocycles. The molecule has 0 aliphatic carbocycles. The molecule has 2 aromatic heterocycles. The summed E-state index contributed by atoms with van der Waals surface area (Å²) in [5.41, 5.74) is 1.86. The zero-order chi connectivity index (χ0) is 20.9. The van der Waals surface area contributed by atoms with Crippen LogP contribution >= 0.6 is 0 Å². The summed E-state index contributed by atoms with van der Waals surface area (Å²) in [5.74, 6) is 0.326. The van der Waals surface area contributed by atoms with Crippen molar-refractivity contribution >= 4 is 15.9 Å². The van der Waals surface area contributed by atoms with Gasteiger partial charge in [0.2, 0.25) is 10.0 Å². The predicted octanol–water partition coefficient (Wildman–Crippen LogP) is 3.30. The van der Waals surface area contributed by atoms with E-state index in [4.69, 9.17) is 4.42 Å². The summed E-state index contributed by atoms with van der Waals surface area (Å²) in [5, 5.41) is 2.84. The van der Waals surface area contributed by atoms with Gasteiger partial charge in [-0.3, -0.25) is 9.78 Å². The maximum absolute atomic E-state index is 12.5. The van der Waals surface area contributed by atoms with Crippen LogP contribution in [0.15, 0.2) is 70.3 Å². The highest BCUT2D eigenvalue weighted by Crippen LogP contribution is 2.21. The average Bonchev–Trinajstić information content (AvgIpc) is 3.28. The van der Waals surface area contributed by atoms with Gasteiger partial charge in [0.25, 0.3) is 5.91 Å². The van der Waals surface area contributed by atoms with E-state index in [2.05, 4.69) is 10.3 Å². The van der Waals surface area contributed by atoms with E-state index in [0.717, 1.165) is 5.56 Å². The molecule has 1 amide bonds. The normalized spacial score (nSPS) is 11.6. The molecule has 3 rings (SSSR count). The number of rotatable bonds is 8. The Morgan fingerprint density at radius 1 is 1.07 bits per heavy atom. The van der Waals surface area contributed by atoms with Gasteiger partial charge in [-0.15, -0.1) is 0 Å². The Morgan fingerprint density at radius 3 is 2.41 bits per heavy atom. The van der Waals surface area contributed by atoms with Crippen LogP contribution in [-0.4, -0.2) is 36.7 Å². The Hall–Kier alpha value is -2.97. The highest BCUT2D eigenvalue weighted by atomic mass is 32.2. The molecular weight excluding hydrogens is 390 g/mol. The third-order valence-corrected chi connectivity index (χ3v) is 6.61. The van der Waals surface area contributed by atoms with Gasteiger partial charge in [-0.1, -0.05) is 19.9 Å². The zero-order valence-corrected chi connectivity index (χ0v) is 17.1. The van der Waals surface area contributed by atoms with Gasteiger partial charge in [0, 0.05) is 37.0 Å². The lowest BCUT2D eigenvalue weighted by molar-refractivity contribution is 0.0951. The van der Waals surface area contributed by atoms with Gasteiger partial charge in [-0.25, -0.2) is 8.42 Å². The van der Waals surface area contributed by atoms with Crippen molar-refractivity contribution < 1.29 is 17.6 Å². The molecule has 0 radical (unpaired) electrons. The van der Waals surface area contributed by atoms with Crippen LogP contribution in [0.1, 0.15) is 29.8 Å². The van der Waals surface area contributed by atoms with E-state index in [1.807, 2.05) is 12.1 Å². The lowest BCUT2D eigenvalue weighted by atomic mass is 10.1. The number of hydrogen-bond acceptors (Lipinski definition) is 5. The summed E-state index contributed by atoms with van der Waals surface area (Å²) >= 11 is 0. The molecule has 0 bridgehead atoms. The lowest BCUT2D eigenvalue weighted by Crippen LogP contribution is -2.30. The van der Waals surface area contributed by atoms with E-state index in [1.54, 1.807) is 38.4 Å². The monoisotopic (exact) mass is 413 g/mol. The average molecular weight is 413 g/mol. The molecule has 0 saturated carbocycles. The molecule has 0 unspecified atom stereocenters. The molecule has 1 aromatic carbocycles. The summed E-state index contributed by atoms with van der Waals surface area (Å²) in [6, 6.07) is 13.2. The SMILES string of the molecule is CCN(CC)S(=O)(=O)c1ccc(C(=O)NCc2cccnc2-c2ccco2)cc1. The molecular formula is C21H23N3O4S. The topological polar surface area (TPSA) is 92.5 Å². The number of sulfonamides is 1. The molecule has 29 heavy (non-hydrogen) atoms. The fraction of sp³-hybridized carbons (Fsp3) is 0.238. The Morgan fingerprint density at radius 2 is 1.79 bits per heavy atom. The van der Waals surface area contributed by atoms with Crippen molar-refractivity contribution in [2.75, 3.05) is 13.1 Å². The third kappa shape index (κ3) is 4.55. The Balaban J connectivity index is 1.72. The largest absolute Gasteiger partial charge is 0.463 e. The number of nitrogens with one attached hydrogen (secondary N) is 1. The fourth-order valence-electron chi connectivity index (χ4n) is 2.98. The number of amides is 1. The number of carbonyl (C=O) groups excluding carboxylic acids is 1. The zero-order valence-electron chi connectivity index (χ0n) is 16.3. The second-order valence-electron chi connectivity index (χ2n) is 6.28. The molecule has 0 aliphatic heterocycles. The maximum Gasteiger partial charge on any atom is 0.251 e. The van der Waals surface area contributed by atoms with Crippen LogP contribution in [0.3, 0.4) is 0 Å². The van der Waals surface area contributed by atoms with Crippen LogP contribution in [-0.2, 0) is 16.6 Å². The number of aromatic nitrogens is 1. The first-order valence-electron chi connectivity index (χ1n) is 9.33. The minimum absolute atomic E-state index is 0.171. The molecule has 0 aliphatic rings. The van der Waals surface area contributed by atoms with Crippen molar-refractivity contribution in [2.24, 2.45) is 0 Å². The second-order valence-corrected chi connectivity index (χ2v) is 8.22. The number of carbonyl (C=O) groups is 1. The molecule has 7 nitrogen and oxygen atoms in total. The summed E-state index contributed by atoms with van der Waals surface area (Å²) < 4.78 is 31.9. The highest BCUT2D eigenvalue weighted by molar-refractivity contribution is 7.89. The van der Waals surface area contributed by atoms with Gasteiger partial charge in [-0.2, -0.15) is 4.31 Å². The number of hydrogen-bond donors (Lipinski definition) is 1. The molecule has 1 N–H and O–H groups in total. The van der Waals surface area contributed by atoms with E-state index < -0.39 is 10.0 Å². The first-order chi connectivity index (χ1) is 14.0. The van der Waals surface area contributed by atoms with Crippen LogP contribution in [0.5, 0.6) is 0 Å². The first-order valence-corrected chi connectivity index (χ1v) is 10.8. The minimum Gasteiger partial charge on any atom is -0.463 e. The van der Waals surface area contributed by atoms with Crippen molar-refractivity contribution in [3.8, 4) is 11.5 Å². The second kappa shape index (κ2) is 9.02. The molecule has 8 heteroatoms. The molecule has 3 aromatic rings. The maximum atomic E-state index is 12.5. The fourth-order valence-corrected chi connectivity index (χ4v) is 4.44. The Kier molecular flexibility index (Phi) is 6.46. The van der Waals surface area contributed by atoms with E-state index in [1.165, 1.54) is 28.6 Å². The summed E-state index contributed by atoms with van der Waals surface area (Å²) in [7, 11) is -3.55. The van der Waals surface area contributed by atoms with E-state index in [0.29, 0.717) is 30.1 Å². The molecule has 0 spiro atoms. The summed E-state index contributed by atoms with van der Waals surface area (Å²) in [6.07, 6.45) is 3.23. The summed E-state index contributed by atoms with van der Waals surface area (Å²) in [6.45, 7) is 4.63. The minimum atomic E-state index is -3.55. The molecule has 0 saturated heterocycles. The van der Waals surface area contributed by atoms with Gasteiger partial charge in [0.1, 0.15) is 5.69 Å². The van der Waals surface area contributed by atoms with Gasteiger partial charge in [0.05, 0.1) is 11.2 Å². The van der Waals surface area contributed by atoms with Crippen molar-refractivity contribution in [3.05, 3.63) is 72.1 Å². The van der Waals surface area contributed by atoms with Crippen LogP contribution < -0.4 is 5.32 Å². The van der Waals surface area contributed by atoms with Gasteiger partial charge < -0.3 is 9.73 Å². The lowest BCUT2D eigenvalue weighted by Gasteiger charge is -2.18. The van der Waals surface area contributed by atoms with Crippen LogP contribution in [0.4, 0.5) is 0 Å². The number of furan rings is 1. The van der Waals surface area contributed by atoms with Crippen LogP contribution in [0.25, 0.3) is 11.5 Å². The van der Waals surface area contributed by atoms with E-state index in [-0.39, 0.29) is 17.3 Å². The van der Waals surface area contributed by atoms with Crippen molar-refractivity contribution in [1.82, 2.24) is 14.6 Å². The van der Waals surface area contributed by atoms with Crippen molar-refractivity contribution in [1.29, 1.82) is 0 Å². The van der Waals surface area contributed by atoms with Crippen molar-refractivity contribution in [3.63, 3.8) is 0 Å². The highest BCUT2D eigenvalue weighted by Gasteiger charge is 2.21. The van der Waals surface area contributed by atoms with Crippen LogP contribution in [0.2, 0.25) is 0 Å². The van der Waals surface area contributed by atoms with Gasteiger partial charge in [0.15, 0.2) is 5.76 Å². The molecule has 0 fully saturated rings. The molecule has 152 valence electrons. The number of pyridine rings is 1. The van der Waals surface area contributed by atoms with Crippen molar-refractivity contribution in [2.45, 2.75) is 25.3 Å². The molecule has 0 atom stereocenters. The Bertz CT molecular complexity index is 1060. The van der Waals surface area contributed by atoms with Gasteiger partial charge >= 0.3 is 0 Å². The third-order valence-electron chi connectivity index (χ3n) is 4.54.